The number of aromatic nitrogens is 3. The third kappa shape index (κ3) is 5.28. The summed E-state index contributed by atoms with van der Waals surface area (Å²) in [5, 5.41) is 8.78. The van der Waals surface area contributed by atoms with E-state index in [0.29, 0.717) is 6.42 Å². The second-order valence-electron chi connectivity index (χ2n) is 4.88. The number of urea groups is 1. The minimum absolute atomic E-state index is 0.191. The molecule has 2 N–H and O–H groups in total. The van der Waals surface area contributed by atoms with E-state index < -0.39 is 18.8 Å². The van der Waals surface area contributed by atoms with Crippen molar-refractivity contribution in [3.63, 3.8) is 0 Å². The summed E-state index contributed by atoms with van der Waals surface area (Å²) in [5.74, 6) is 0. The van der Waals surface area contributed by atoms with Gasteiger partial charge in [0.1, 0.15) is 6.54 Å². The summed E-state index contributed by atoms with van der Waals surface area (Å²) in [6.45, 7) is 0.706. The predicted molar refractivity (Wildman–Crippen MR) is 77.7 cm³/mol. The Labute approximate surface area is 130 Å². The highest BCUT2D eigenvalue weighted by molar-refractivity contribution is 5.89. The van der Waals surface area contributed by atoms with Gasteiger partial charge in [-0.1, -0.05) is 6.92 Å². The normalized spacial score (nSPS) is 12.7. The molecular weight excluding hydrogens is 311 g/mol. The molecule has 23 heavy (non-hydrogen) atoms. The van der Waals surface area contributed by atoms with Crippen LogP contribution in [0.5, 0.6) is 0 Å². The van der Waals surface area contributed by atoms with Crippen LogP contribution < -0.4 is 10.6 Å². The maximum Gasteiger partial charge on any atom is 0.408 e. The van der Waals surface area contributed by atoms with E-state index in [1.165, 1.54) is 6.20 Å². The number of pyridine rings is 1. The lowest BCUT2D eigenvalue weighted by molar-refractivity contribution is -0.142. The van der Waals surface area contributed by atoms with Gasteiger partial charge in [-0.15, -0.1) is 0 Å². The van der Waals surface area contributed by atoms with Crippen molar-refractivity contribution in [2.75, 3.05) is 5.32 Å². The van der Waals surface area contributed by atoms with Gasteiger partial charge in [0.05, 0.1) is 17.9 Å². The van der Waals surface area contributed by atoms with Crippen molar-refractivity contribution in [2.45, 2.75) is 32.1 Å². The Balaban J connectivity index is 1.94. The zero-order valence-corrected chi connectivity index (χ0v) is 12.3. The molecule has 1 atom stereocenters. The summed E-state index contributed by atoms with van der Waals surface area (Å²) in [7, 11) is 0. The lowest BCUT2D eigenvalue weighted by Crippen LogP contribution is -2.32. The third-order valence-corrected chi connectivity index (χ3v) is 3.05. The van der Waals surface area contributed by atoms with Crippen molar-refractivity contribution >= 4 is 11.7 Å². The highest BCUT2D eigenvalue weighted by Crippen LogP contribution is 2.18. The van der Waals surface area contributed by atoms with Crippen LogP contribution in [-0.4, -0.2) is 27.0 Å². The fourth-order valence-corrected chi connectivity index (χ4v) is 2.04. The van der Waals surface area contributed by atoms with E-state index in [-0.39, 0.29) is 11.7 Å². The van der Waals surface area contributed by atoms with Crippen molar-refractivity contribution in [1.82, 2.24) is 20.1 Å². The van der Waals surface area contributed by atoms with Crippen LogP contribution in [0.1, 0.15) is 24.9 Å². The molecule has 2 aromatic heterocycles. The summed E-state index contributed by atoms with van der Waals surface area (Å²) >= 11 is 0. The fourth-order valence-electron chi connectivity index (χ4n) is 2.04. The van der Waals surface area contributed by atoms with Gasteiger partial charge in [0.2, 0.25) is 0 Å². The van der Waals surface area contributed by atoms with Gasteiger partial charge in [-0.2, -0.15) is 18.3 Å². The summed E-state index contributed by atoms with van der Waals surface area (Å²) in [6, 6.07) is 2.84. The molecule has 9 heteroatoms. The van der Waals surface area contributed by atoms with Crippen LogP contribution in [0.15, 0.2) is 36.9 Å². The number of nitrogens with one attached hydrogen (secondary N) is 2. The molecule has 0 spiro atoms. The Hall–Kier alpha value is -2.58. The number of nitrogens with zero attached hydrogens (tertiary/aromatic N) is 3. The molecule has 0 saturated carbocycles. The average Bonchev–Trinajstić information content (AvgIpc) is 2.90. The van der Waals surface area contributed by atoms with Gasteiger partial charge in [-0.05, 0) is 24.1 Å². The van der Waals surface area contributed by atoms with E-state index in [4.69, 9.17) is 0 Å². The van der Waals surface area contributed by atoms with Crippen LogP contribution in [0.25, 0.3) is 0 Å². The average molecular weight is 327 g/mol. The number of hydrogen-bond donors (Lipinski definition) is 2. The number of carbonyl (C=O) groups is 1. The van der Waals surface area contributed by atoms with E-state index >= 15 is 0 Å². The van der Waals surface area contributed by atoms with E-state index in [1.54, 1.807) is 24.5 Å². The van der Waals surface area contributed by atoms with Gasteiger partial charge in [0.25, 0.3) is 0 Å². The molecule has 2 aromatic rings. The number of amides is 2. The Kier molecular flexibility index (Phi) is 5.20. The smallest absolute Gasteiger partial charge is 0.331 e. The van der Waals surface area contributed by atoms with Gasteiger partial charge in [0, 0.05) is 18.6 Å². The van der Waals surface area contributed by atoms with Gasteiger partial charge in [0.15, 0.2) is 0 Å². The van der Waals surface area contributed by atoms with Crippen LogP contribution >= 0.6 is 0 Å². The number of hydrogen-bond acceptors (Lipinski definition) is 3. The second-order valence-corrected chi connectivity index (χ2v) is 4.88. The molecule has 2 rings (SSSR count). The Bertz CT molecular complexity index is 641. The lowest BCUT2D eigenvalue weighted by atomic mass is 10.1. The molecule has 124 valence electrons. The van der Waals surface area contributed by atoms with Gasteiger partial charge in [-0.3, -0.25) is 9.67 Å². The molecule has 0 aliphatic carbocycles. The Morgan fingerprint density at radius 1 is 1.35 bits per heavy atom. The molecule has 0 bridgehead atoms. The zero-order chi connectivity index (χ0) is 16.9. The van der Waals surface area contributed by atoms with E-state index in [2.05, 4.69) is 20.7 Å². The summed E-state index contributed by atoms with van der Waals surface area (Å²) in [4.78, 5) is 15.9. The monoisotopic (exact) mass is 327 g/mol. The number of halogens is 3. The quantitative estimate of drug-likeness (QED) is 0.886. The van der Waals surface area contributed by atoms with Crippen LogP contribution in [0.4, 0.5) is 23.7 Å². The molecule has 0 aliphatic heterocycles. The third-order valence-electron chi connectivity index (χ3n) is 3.05. The molecule has 6 nitrogen and oxygen atoms in total. The molecule has 2 heterocycles. The van der Waals surface area contributed by atoms with Crippen molar-refractivity contribution < 1.29 is 18.0 Å². The topological polar surface area (TPSA) is 71.8 Å². The highest BCUT2D eigenvalue weighted by atomic mass is 19.4. The van der Waals surface area contributed by atoms with E-state index in [9.17, 15) is 18.0 Å². The first kappa shape index (κ1) is 16.8. The summed E-state index contributed by atoms with van der Waals surface area (Å²) in [6.07, 6.45) is 1.83. The number of alkyl halides is 3. The molecule has 0 aromatic carbocycles. The number of rotatable bonds is 5. The number of anilines is 1. The summed E-state index contributed by atoms with van der Waals surface area (Å²) < 4.78 is 37.5. The maximum absolute atomic E-state index is 12.3. The molecule has 0 fully saturated rings. The molecule has 2 amide bonds. The molecule has 0 saturated heterocycles. The minimum Gasteiger partial charge on any atom is -0.331 e. The van der Waals surface area contributed by atoms with E-state index in [1.807, 2.05) is 6.92 Å². The molecule has 0 unspecified atom stereocenters. The van der Waals surface area contributed by atoms with Crippen LogP contribution in [0.3, 0.4) is 0 Å². The summed E-state index contributed by atoms with van der Waals surface area (Å²) in [5.41, 5.74) is 1.08. The van der Waals surface area contributed by atoms with Crippen molar-refractivity contribution in [2.24, 2.45) is 0 Å². The Morgan fingerprint density at radius 2 is 2.04 bits per heavy atom. The largest absolute Gasteiger partial charge is 0.408 e. The first-order chi connectivity index (χ1) is 10.9. The maximum atomic E-state index is 12.3. The van der Waals surface area contributed by atoms with Crippen molar-refractivity contribution in [3.05, 3.63) is 42.5 Å². The standard InChI is InChI=1S/C14H16F3N5O/c1-2-12(10-3-5-18-6-4-10)21-13(23)20-11-7-19-22(8-11)9-14(15,16)17/h3-8,12H,2,9H2,1H3,(H2,20,21,23)/t12-/m1/s1. The van der Waals surface area contributed by atoms with Gasteiger partial charge >= 0.3 is 12.2 Å². The minimum atomic E-state index is -4.36. The molecule has 0 aliphatic rings. The first-order valence-electron chi connectivity index (χ1n) is 6.94. The Morgan fingerprint density at radius 3 is 2.65 bits per heavy atom. The predicted octanol–water partition coefficient (Wildman–Crippen LogP) is 3.11. The first-order valence-corrected chi connectivity index (χ1v) is 6.94. The molecular formula is C14H16F3N5O. The van der Waals surface area contributed by atoms with Crippen LogP contribution in [0, 0.1) is 0 Å². The van der Waals surface area contributed by atoms with Crippen LogP contribution in [0.2, 0.25) is 0 Å². The van der Waals surface area contributed by atoms with Gasteiger partial charge in [-0.25, -0.2) is 4.79 Å². The van der Waals surface area contributed by atoms with E-state index in [0.717, 1.165) is 16.4 Å². The fraction of sp³-hybridized carbons (Fsp3) is 0.357. The highest BCUT2D eigenvalue weighted by Gasteiger charge is 2.28. The SMILES string of the molecule is CC[C@@H](NC(=O)Nc1cnn(CC(F)(F)F)c1)c1ccncc1. The van der Waals surface area contributed by atoms with Gasteiger partial charge < -0.3 is 10.6 Å². The van der Waals surface area contributed by atoms with Crippen LogP contribution in [-0.2, 0) is 6.54 Å². The van der Waals surface area contributed by atoms with Crippen molar-refractivity contribution in [3.8, 4) is 0 Å². The van der Waals surface area contributed by atoms with Crippen molar-refractivity contribution in [1.29, 1.82) is 0 Å². The molecule has 0 radical (unpaired) electrons. The second kappa shape index (κ2) is 7.12. The lowest BCUT2D eigenvalue weighted by Gasteiger charge is -2.17. The zero-order valence-electron chi connectivity index (χ0n) is 12.3. The number of carbonyl (C=O) groups excluding carboxylic acids is 1.